The minimum atomic E-state index is -0.236. The third-order valence-electron chi connectivity index (χ3n) is 5.79. The number of rotatable bonds is 3. The van der Waals surface area contributed by atoms with E-state index in [0.29, 0.717) is 11.8 Å². The average Bonchev–Trinajstić information content (AvgIpc) is 2.99. The van der Waals surface area contributed by atoms with Crippen LogP contribution in [-0.4, -0.2) is 53.3 Å². The molecule has 0 aromatic heterocycles. The molecule has 2 amide bonds. The van der Waals surface area contributed by atoms with Gasteiger partial charge in [0.1, 0.15) is 0 Å². The third-order valence-corrected chi connectivity index (χ3v) is 5.79. The van der Waals surface area contributed by atoms with Crippen molar-refractivity contribution >= 4 is 11.8 Å². The highest BCUT2D eigenvalue weighted by Gasteiger charge is 2.51. The fourth-order valence-electron chi connectivity index (χ4n) is 4.99. The Hall–Kier alpha value is -1.10. The van der Waals surface area contributed by atoms with E-state index in [4.69, 9.17) is 5.73 Å². The molecule has 5 nitrogen and oxygen atoms in total. The number of likely N-dealkylation sites (tertiary alicyclic amines) is 2. The number of nitrogens with zero attached hydrogens (tertiary/aromatic N) is 2. The van der Waals surface area contributed by atoms with Gasteiger partial charge in [0.2, 0.25) is 11.8 Å². The molecule has 0 spiro atoms. The summed E-state index contributed by atoms with van der Waals surface area (Å²) in [7, 11) is 0. The van der Waals surface area contributed by atoms with Crippen LogP contribution in [-0.2, 0) is 9.59 Å². The Labute approximate surface area is 139 Å². The first-order valence-electron chi connectivity index (χ1n) is 9.12. The summed E-state index contributed by atoms with van der Waals surface area (Å²) in [6.07, 6.45) is 5.34. The zero-order valence-corrected chi connectivity index (χ0v) is 14.8. The van der Waals surface area contributed by atoms with Gasteiger partial charge in [0, 0.05) is 19.6 Å². The predicted molar refractivity (Wildman–Crippen MR) is 89.6 cm³/mol. The first-order chi connectivity index (χ1) is 10.8. The summed E-state index contributed by atoms with van der Waals surface area (Å²) in [5.74, 6) is 0.897. The maximum absolute atomic E-state index is 13.0. The Balaban J connectivity index is 1.77. The van der Waals surface area contributed by atoms with E-state index < -0.39 is 0 Å². The van der Waals surface area contributed by atoms with E-state index in [1.165, 1.54) is 12.8 Å². The maximum Gasteiger partial charge on any atom is 0.239 e. The van der Waals surface area contributed by atoms with Crippen molar-refractivity contribution in [3.63, 3.8) is 0 Å². The zero-order chi connectivity index (χ0) is 16.8. The van der Waals surface area contributed by atoms with E-state index in [1.54, 1.807) is 0 Å². The van der Waals surface area contributed by atoms with Gasteiger partial charge in [-0.2, -0.15) is 0 Å². The molecular weight excluding hydrogens is 290 g/mol. The lowest BCUT2D eigenvalue weighted by Crippen LogP contribution is -2.57. The first-order valence-corrected chi connectivity index (χ1v) is 9.12. The second-order valence-electron chi connectivity index (χ2n) is 8.88. The second kappa shape index (κ2) is 6.08. The average molecular weight is 321 g/mol. The minimum Gasteiger partial charge on any atom is -0.368 e. The van der Waals surface area contributed by atoms with Crippen molar-refractivity contribution in [2.75, 3.05) is 19.6 Å². The maximum atomic E-state index is 13.0. The molecule has 2 aliphatic heterocycles. The van der Waals surface area contributed by atoms with Crippen molar-refractivity contribution in [2.24, 2.45) is 23.0 Å². The van der Waals surface area contributed by atoms with Crippen LogP contribution in [0.5, 0.6) is 0 Å². The quantitative estimate of drug-likeness (QED) is 0.859. The number of carbonyl (C=O) groups excluding carboxylic acids is 2. The number of primary amides is 1. The molecule has 130 valence electrons. The molecule has 1 aliphatic carbocycles. The molecule has 3 aliphatic rings. The topological polar surface area (TPSA) is 66.6 Å². The Morgan fingerprint density at radius 1 is 1.22 bits per heavy atom. The molecule has 23 heavy (non-hydrogen) atoms. The normalized spacial score (nSPS) is 35.6. The second-order valence-corrected chi connectivity index (χ2v) is 8.88. The summed E-state index contributed by atoms with van der Waals surface area (Å²) in [6, 6.07) is -0.375. The van der Waals surface area contributed by atoms with Crippen molar-refractivity contribution in [1.82, 2.24) is 9.80 Å². The van der Waals surface area contributed by atoms with Gasteiger partial charge in [-0.05, 0) is 42.9 Å². The Bertz CT molecular complexity index is 485. The molecule has 1 saturated carbocycles. The zero-order valence-electron chi connectivity index (χ0n) is 14.8. The van der Waals surface area contributed by atoms with Crippen molar-refractivity contribution in [3.05, 3.63) is 0 Å². The monoisotopic (exact) mass is 321 g/mol. The minimum absolute atomic E-state index is 0.0994. The standard InChI is InChI=1S/C18H31N3O2/c1-18(2,3)11-20-9-5-8-14(17(20)23)21-10-12-6-4-7-13(12)15(21)16(19)22/h12-15H,4-11H2,1-3H3,(H2,19,22). The van der Waals surface area contributed by atoms with Crippen molar-refractivity contribution < 1.29 is 9.59 Å². The fourth-order valence-corrected chi connectivity index (χ4v) is 4.99. The summed E-state index contributed by atoms with van der Waals surface area (Å²) >= 11 is 0. The molecule has 4 atom stereocenters. The number of nitrogens with two attached hydrogens (primary N) is 1. The van der Waals surface area contributed by atoms with Gasteiger partial charge < -0.3 is 10.6 Å². The number of hydrogen-bond acceptors (Lipinski definition) is 3. The lowest BCUT2D eigenvalue weighted by atomic mass is 9.92. The third kappa shape index (κ3) is 3.25. The van der Waals surface area contributed by atoms with E-state index in [-0.39, 0.29) is 29.3 Å². The van der Waals surface area contributed by atoms with Gasteiger partial charge in [0.25, 0.3) is 0 Å². The van der Waals surface area contributed by atoms with Crippen LogP contribution in [0.2, 0.25) is 0 Å². The summed E-state index contributed by atoms with van der Waals surface area (Å²) in [5.41, 5.74) is 5.83. The summed E-state index contributed by atoms with van der Waals surface area (Å²) in [6.45, 7) is 8.99. The number of carbonyl (C=O) groups is 2. The molecule has 3 fully saturated rings. The molecule has 2 saturated heterocycles. The summed E-state index contributed by atoms with van der Waals surface area (Å²) in [4.78, 5) is 29.2. The number of hydrogen-bond donors (Lipinski definition) is 1. The molecule has 2 heterocycles. The highest BCUT2D eigenvalue weighted by Crippen LogP contribution is 2.43. The van der Waals surface area contributed by atoms with Crippen molar-refractivity contribution in [3.8, 4) is 0 Å². The lowest BCUT2D eigenvalue weighted by molar-refractivity contribution is -0.143. The van der Waals surface area contributed by atoms with Gasteiger partial charge >= 0.3 is 0 Å². The van der Waals surface area contributed by atoms with Gasteiger partial charge in [-0.25, -0.2) is 0 Å². The van der Waals surface area contributed by atoms with Gasteiger partial charge in [-0.1, -0.05) is 27.2 Å². The van der Waals surface area contributed by atoms with Crippen LogP contribution in [0.4, 0.5) is 0 Å². The van der Waals surface area contributed by atoms with Crippen LogP contribution in [0.15, 0.2) is 0 Å². The van der Waals surface area contributed by atoms with E-state index in [9.17, 15) is 9.59 Å². The van der Waals surface area contributed by atoms with Crippen LogP contribution in [0.3, 0.4) is 0 Å². The molecule has 5 heteroatoms. The molecule has 4 unspecified atom stereocenters. The highest BCUT2D eigenvalue weighted by atomic mass is 16.2. The van der Waals surface area contributed by atoms with E-state index >= 15 is 0 Å². The number of piperidine rings is 1. The number of amides is 2. The SMILES string of the molecule is CC(C)(C)CN1CCCC(N2CC3CCCC3C2C(N)=O)C1=O. The Kier molecular flexibility index (Phi) is 4.43. The first kappa shape index (κ1) is 16.7. The Morgan fingerprint density at radius 3 is 2.61 bits per heavy atom. The van der Waals surface area contributed by atoms with E-state index in [1.807, 2.05) is 4.90 Å². The highest BCUT2D eigenvalue weighted by molar-refractivity contribution is 5.85. The molecule has 2 N–H and O–H groups in total. The van der Waals surface area contributed by atoms with Gasteiger partial charge in [-0.15, -0.1) is 0 Å². The van der Waals surface area contributed by atoms with Crippen molar-refractivity contribution in [1.29, 1.82) is 0 Å². The van der Waals surface area contributed by atoms with Crippen LogP contribution in [0.1, 0.15) is 52.9 Å². The lowest BCUT2D eigenvalue weighted by Gasteiger charge is -2.41. The van der Waals surface area contributed by atoms with Crippen LogP contribution in [0, 0.1) is 17.3 Å². The Morgan fingerprint density at radius 2 is 1.96 bits per heavy atom. The van der Waals surface area contributed by atoms with Crippen LogP contribution in [0.25, 0.3) is 0 Å². The number of fused-ring (bicyclic) bond motifs is 1. The molecule has 3 rings (SSSR count). The largest absolute Gasteiger partial charge is 0.368 e. The molecule has 0 aromatic rings. The van der Waals surface area contributed by atoms with Crippen molar-refractivity contribution in [2.45, 2.75) is 65.0 Å². The van der Waals surface area contributed by atoms with Gasteiger partial charge in [-0.3, -0.25) is 14.5 Å². The summed E-state index contributed by atoms with van der Waals surface area (Å²) in [5, 5.41) is 0. The van der Waals surface area contributed by atoms with E-state index in [2.05, 4.69) is 25.7 Å². The molecule has 0 bridgehead atoms. The fraction of sp³-hybridized carbons (Fsp3) is 0.889. The van der Waals surface area contributed by atoms with Gasteiger partial charge in [0.15, 0.2) is 0 Å². The van der Waals surface area contributed by atoms with Gasteiger partial charge in [0.05, 0.1) is 12.1 Å². The van der Waals surface area contributed by atoms with E-state index in [0.717, 1.165) is 38.9 Å². The smallest absolute Gasteiger partial charge is 0.239 e. The van der Waals surface area contributed by atoms with Crippen LogP contribution < -0.4 is 5.73 Å². The van der Waals surface area contributed by atoms with Crippen LogP contribution >= 0.6 is 0 Å². The summed E-state index contributed by atoms with van der Waals surface area (Å²) < 4.78 is 0. The molecule has 0 radical (unpaired) electrons. The molecular formula is C18H31N3O2. The predicted octanol–water partition coefficient (Wildman–Crippen LogP) is 1.61. The molecule has 0 aromatic carbocycles.